The van der Waals surface area contributed by atoms with Gasteiger partial charge in [-0.25, -0.2) is 0 Å². The highest BCUT2D eigenvalue weighted by molar-refractivity contribution is 7.16. The Morgan fingerprint density at radius 1 is 1.07 bits per heavy atom. The molecule has 0 saturated heterocycles. The summed E-state index contributed by atoms with van der Waals surface area (Å²) in [6, 6.07) is 10.9. The number of hydrogen-bond donors (Lipinski definition) is 0. The third-order valence-corrected chi connectivity index (χ3v) is 5.38. The monoisotopic (exact) mass is 414 g/mol. The molecule has 1 aromatic heterocycles. The Hall–Kier alpha value is -3.13. The van der Waals surface area contributed by atoms with Crippen molar-refractivity contribution >= 4 is 33.4 Å². The first-order valence-electron chi connectivity index (χ1n) is 9.04. The average molecular weight is 414 g/mol. The molecule has 1 amide bonds. The van der Waals surface area contributed by atoms with Crippen LogP contribution in [-0.4, -0.2) is 37.3 Å². The van der Waals surface area contributed by atoms with Crippen LogP contribution in [0.15, 0.2) is 41.4 Å². The van der Waals surface area contributed by atoms with E-state index < -0.39 is 5.91 Å². The van der Waals surface area contributed by atoms with Crippen LogP contribution in [-0.2, 0) is 16.1 Å². The smallest absolute Gasteiger partial charge is 0.326 e. The lowest BCUT2D eigenvalue weighted by Crippen LogP contribution is -2.23. The van der Waals surface area contributed by atoms with Gasteiger partial charge in [-0.1, -0.05) is 29.5 Å². The molecule has 0 fully saturated rings. The zero-order valence-electron chi connectivity index (χ0n) is 16.7. The molecule has 3 rings (SSSR count). The highest BCUT2D eigenvalue weighted by Crippen LogP contribution is 2.29. The van der Waals surface area contributed by atoms with Gasteiger partial charge in [-0.2, -0.15) is 4.99 Å². The first-order valence-corrected chi connectivity index (χ1v) is 9.86. The van der Waals surface area contributed by atoms with Crippen molar-refractivity contribution in [2.45, 2.75) is 20.4 Å². The normalized spacial score (nSPS) is 11.5. The molecule has 0 aliphatic heterocycles. The highest BCUT2D eigenvalue weighted by atomic mass is 32.1. The number of carbonyl (C=O) groups excluding carboxylic acids is 2. The summed E-state index contributed by atoms with van der Waals surface area (Å²) in [5.74, 6) is -0.167. The standard InChI is InChI=1S/C21H22N2O5S/c1-5-28-17(24)12-23-19-13(2)8-6-11-16(19)29-21(23)22-20(25)18-14(26-3)9-7-10-15(18)27-4/h6-11H,5,12H2,1-4H3. The fourth-order valence-corrected chi connectivity index (χ4v) is 4.19. The van der Waals surface area contributed by atoms with Crippen molar-refractivity contribution < 1.29 is 23.8 Å². The summed E-state index contributed by atoms with van der Waals surface area (Å²) in [5.41, 5.74) is 2.06. The fraction of sp³-hybridized carbons (Fsp3) is 0.286. The molecule has 152 valence electrons. The molecule has 3 aromatic rings. The lowest BCUT2D eigenvalue weighted by molar-refractivity contribution is -0.143. The maximum atomic E-state index is 13.0. The van der Waals surface area contributed by atoms with Gasteiger partial charge in [0.2, 0.25) is 0 Å². The van der Waals surface area contributed by atoms with E-state index >= 15 is 0 Å². The maximum absolute atomic E-state index is 13.0. The van der Waals surface area contributed by atoms with E-state index in [1.807, 2.05) is 25.1 Å². The second-order valence-corrected chi connectivity index (χ2v) is 7.16. The first kappa shape index (κ1) is 20.6. The van der Waals surface area contributed by atoms with Crippen LogP contribution in [0.2, 0.25) is 0 Å². The number of hydrogen-bond acceptors (Lipinski definition) is 6. The number of thiazole rings is 1. The molecule has 8 heteroatoms. The second kappa shape index (κ2) is 8.91. The Morgan fingerprint density at radius 3 is 2.34 bits per heavy atom. The van der Waals surface area contributed by atoms with Gasteiger partial charge in [-0.3, -0.25) is 9.59 Å². The van der Waals surface area contributed by atoms with E-state index in [4.69, 9.17) is 14.2 Å². The Kier molecular flexibility index (Phi) is 6.33. The summed E-state index contributed by atoms with van der Waals surface area (Å²) in [7, 11) is 2.96. The Labute approximate surface area is 172 Å². The summed E-state index contributed by atoms with van der Waals surface area (Å²) in [6.45, 7) is 3.95. The van der Waals surface area contributed by atoms with Crippen molar-refractivity contribution in [3.63, 3.8) is 0 Å². The average Bonchev–Trinajstić information content (AvgIpc) is 3.05. The van der Waals surface area contributed by atoms with Crippen LogP contribution in [0.25, 0.3) is 10.2 Å². The summed E-state index contributed by atoms with van der Waals surface area (Å²) in [4.78, 5) is 29.9. The summed E-state index contributed by atoms with van der Waals surface area (Å²) in [5, 5.41) is 0. The summed E-state index contributed by atoms with van der Waals surface area (Å²) < 4.78 is 18.4. The lowest BCUT2D eigenvalue weighted by Gasteiger charge is -2.10. The number of carbonyl (C=O) groups is 2. The molecule has 0 bridgehead atoms. The number of nitrogens with zero attached hydrogens (tertiary/aromatic N) is 2. The quantitative estimate of drug-likeness (QED) is 0.578. The van der Waals surface area contributed by atoms with Gasteiger partial charge in [-0.05, 0) is 37.6 Å². The van der Waals surface area contributed by atoms with Crippen molar-refractivity contribution in [3.05, 3.63) is 52.3 Å². The van der Waals surface area contributed by atoms with Crippen LogP contribution in [0.1, 0.15) is 22.8 Å². The zero-order chi connectivity index (χ0) is 21.0. The number of ether oxygens (including phenoxy) is 3. The minimum atomic E-state index is -0.513. The number of esters is 1. The van der Waals surface area contributed by atoms with E-state index in [1.54, 1.807) is 29.7 Å². The number of para-hydroxylation sites is 1. The number of aryl methyl sites for hydroxylation is 1. The van der Waals surface area contributed by atoms with Crippen molar-refractivity contribution in [1.29, 1.82) is 0 Å². The number of amides is 1. The zero-order valence-corrected chi connectivity index (χ0v) is 17.5. The van der Waals surface area contributed by atoms with Crippen LogP contribution in [0.5, 0.6) is 11.5 Å². The van der Waals surface area contributed by atoms with Crippen molar-refractivity contribution in [1.82, 2.24) is 4.57 Å². The lowest BCUT2D eigenvalue weighted by atomic mass is 10.1. The molecule has 0 atom stereocenters. The van der Waals surface area contributed by atoms with E-state index in [9.17, 15) is 9.59 Å². The molecule has 1 heterocycles. The van der Waals surface area contributed by atoms with Gasteiger partial charge >= 0.3 is 5.97 Å². The third-order valence-electron chi connectivity index (χ3n) is 4.33. The van der Waals surface area contributed by atoms with Crippen LogP contribution < -0.4 is 14.3 Å². The van der Waals surface area contributed by atoms with Gasteiger partial charge in [0.25, 0.3) is 5.91 Å². The molecule has 0 unspecified atom stereocenters. The van der Waals surface area contributed by atoms with Crippen LogP contribution in [0.4, 0.5) is 0 Å². The topological polar surface area (TPSA) is 79.1 Å². The van der Waals surface area contributed by atoms with Gasteiger partial charge in [0.15, 0.2) is 4.80 Å². The minimum absolute atomic E-state index is 0.0339. The first-order chi connectivity index (χ1) is 14.0. The fourth-order valence-electron chi connectivity index (χ4n) is 3.08. The second-order valence-electron chi connectivity index (χ2n) is 6.15. The summed E-state index contributed by atoms with van der Waals surface area (Å²) in [6.07, 6.45) is 0. The minimum Gasteiger partial charge on any atom is -0.496 e. The predicted octanol–water partition coefficient (Wildman–Crippen LogP) is 3.33. The number of benzene rings is 2. The molecule has 0 saturated carbocycles. The van der Waals surface area contributed by atoms with Gasteiger partial charge in [-0.15, -0.1) is 0 Å². The van der Waals surface area contributed by atoms with Gasteiger partial charge in [0, 0.05) is 0 Å². The molecule has 0 radical (unpaired) electrons. The molecular weight excluding hydrogens is 392 g/mol. The van der Waals surface area contributed by atoms with E-state index in [1.165, 1.54) is 25.6 Å². The van der Waals surface area contributed by atoms with Crippen LogP contribution in [0.3, 0.4) is 0 Å². The Morgan fingerprint density at radius 2 is 1.72 bits per heavy atom. The van der Waals surface area contributed by atoms with E-state index in [0.717, 1.165) is 15.8 Å². The largest absolute Gasteiger partial charge is 0.496 e. The predicted molar refractivity (Wildman–Crippen MR) is 111 cm³/mol. The van der Waals surface area contributed by atoms with Crippen LogP contribution >= 0.6 is 11.3 Å². The van der Waals surface area contributed by atoms with Crippen molar-refractivity contribution in [2.75, 3.05) is 20.8 Å². The van der Waals surface area contributed by atoms with E-state index in [0.29, 0.717) is 16.3 Å². The van der Waals surface area contributed by atoms with Gasteiger partial charge in [0.05, 0.1) is 31.0 Å². The Bertz CT molecular complexity index is 1110. The molecule has 0 aliphatic carbocycles. The highest BCUT2D eigenvalue weighted by Gasteiger charge is 2.19. The number of fused-ring (bicyclic) bond motifs is 1. The third kappa shape index (κ3) is 4.17. The number of aromatic nitrogens is 1. The number of rotatable bonds is 6. The molecule has 29 heavy (non-hydrogen) atoms. The molecule has 0 spiro atoms. The van der Waals surface area contributed by atoms with Gasteiger partial charge < -0.3 is 18.8 Å². The molecule has 0 aliphatic rings. The number of methoxy groups -OCH3 is 2. The molecule has 2 aromatic carbocycles. The Balaban J connectivity index is 2.19. The van der Waals surface area contributed by atoms with E-state index in [2.05, 4.69) is 4.99 Å². The maximum Gasteiger partial charge on any atom is 0.326 e. The van der Waals surface area contributed by atoms with Gasteiger partial charge in [0.1, 0.15) is 23.6 Å². The molecule has 0 N–H and O–H groups in total. The van der Waals surface area contributed by atoms with Crippen LogP contribution in [0, 0.1) is 6.92 Å². The van der Waals surface area contributed by atoms with Crippen molar-refractivity contribution in [3.8, 4) is 11.5 Å². The summed E-state index contributed by atoms with van der Waals surface area (Å²) >= 11 is 1.33. The molecular formula is C21H22N2O5S. The van der Waals surface area contributed by atoms with Crippen molar-refractivity contribution in [2.24, 2.45) is 4.99 Å². The van der Waals surface area contributed by atoms with E-state index in [-0.39, 0.29) is 24.7 Å². The SMILES string of the molecule is CCOC(=O)Cn1c(=NC(=O)c2c(OC)cccc2OC)sc2cccc(C)c21. The molecule has 7 nitrogen and oxygen atoms in total.